The highest BCUT2D eigenvalue weighted by Gasteiger charge is 2.32. The number of nitrogens with zero attached hydrogens (tertiary/aromatic N) is 5. The van der Waals surface area contributed by atoms with Gasteiger partial charge in [-0.2, -0.15) is 4.98 Å². The third-order valence-electron chi connectivity index (χ3n) is 9.17. The first-order valence-electron chi connectivity index (χ1n) is 17.1. The largest absolute Gasteiger partial charge is 0.475 e. The molecule has 1 saturated heterocycles. The van der Waals surface area contributed by atoms with Gasteiger partial charge in [-0.05, 0) is 73.6 Å². The molecule has 4 heterocycles. The molecule has 1 N–H and O–H groups in total. The minimum Gasteiger partial charge on any atom is -0.475 e. The second-order valence-corrected chi connectivity index (χ2v) is 15.9. The number of nitrogens with one attached hydrogen (secondary N) is 1. The van der Waals surface area contributed by atoms with Crippen LogP contribution in [0.5, 0.6) is 5.88 Å². The molecule has 1 fully saturated rings. The van der Waals surface area contributed by atoms with E-state index in [0.717, 1.165) is 41.9 Å². The van der Waals surface area contributed by atoms with Gasteiger partial charge in [-0.15, -0.1) is 0 Å². The number of aromatic nitrogens is 3. The van der Waals surface area contributed by atoms with Crippen LogP contribution in [0, 0.1) is 19.3 Å². The molecule has 2 aliphatic rings. The number of hydrogen-bond donors (Lipinski definition) is 1. The number of sulfonamides is 1. The Labute approximate surface area is 295 Å². The molecular weight excluding hydrogens is 653 g/mol. The number of amides is 1. The molecule has 0 saturated carbocycles. The lowest BCUT2D eigenvalue weighted by atomic mass is 9.87. The summed E-state index contributed by atoms with van der Waals surface area (Å²) >= 11 is 0. The van der Waals surface area contributed by atoms with Crippen LogP contribution in [0.1, 0.15) is 66.9 Å². The fourth-order valence-electron chi connectivity index (χ4n) is 6.63. The Bertz CT molecular complexity index is 1970. The number of benzene rings is 2. The van der Waals surface area contributed by atoms with Crippen molar-refractivity contribution in [2.75, 3.05) is 42.5 Å². The van der Waals surface area contributed by atoms with E-state index >= 15 is 0 Å². The predicted molar refractivity (Wildman–Crippen MR) is 194 cm³/mol. The van der Waals surface area contributed by atoms with Gasteiger partial charge >= 0.3 is 0 Å². The highest BCUT2D eigenvalue weighted by Crippen LogP contribution is 2.35. The van der Waals surface area contributed by atoms with E-state index < -0.39 is 16.1 Å². The highest BCUT2D eigenvalue weighted by atomic mass is 32.2. The van der Waals surface area contributed by atoms with Crippen LogP contribution in [0.25, 0.3) is 11.3 Å². The van der Waals surface area contributed by atoms with E-state index in [2.05, 4.69) is 42.3 Å². The monoisotopic (exact) mass is 698 g/mol. The molecule has 2 aliphatic heterocycles. The molecule has 12 heteroatoms. The second kappa shape index (κ2) is 14.4. The van der Waals surface area contributed by atoms with Crippen LogP contribution in [-0.4, -0.2) is 73.1 Å². The number of carbonyl (C=O) groups excluding carboxylic acids is 1. The molecule has 264 valence electrons. The van der Waals surface area contributed by atoms with Crippen molar-refractivity contribution in [3.63, 3.8) is 0 Å². The smallest absolute Gasteiger partial charge is 0.264 e. The first-order valence-corrected chi connectivity index (χ1v) is 18.6. The van der Waals surface area contributed by atoms with Crippen molar-refractivity contribution in [1.29, 1.82) is 0 Å². The van der Waals surface area contributed by atoms with E-state index in [0.29, 0.717) is 36.6 Å². The third kappa shape index (κ3) is 7.76. The average Bonchev–Trinajstić information content (AvgIpc) is 3.09. The summed E-state index contributed by atoms with van der Waals surface area (Å²) in [5.41, 5.74) is 6.04. The summed E-state index contributed by atoms with van der Waals surface area (Å²) in [7, 11) is -4.18. The van der Waals surface area contributed by atoms with Gasteiger partial charge in [0.25, 0.3) is 15.9 Å². The normalized spacial score (nSPS) is 18.0. The minimum atomic E-state index is -4.18. The number of aryl methyl sites for hydroxylation is 2. The molecule has 2 aromatic carbocycles. The van der Waals surface area contributed by atoms with E-state index in [9.17, 15) is 13.2 Å². The van der Waals surface area contributed by atoms with E-state index in [1.54, 1.807) is 17.0 Å². The molecular formula is C38H46N6O5S. The van der Waals surface area contributed by atoms with E-state index in [-0.39, 0.29) is 46.8 Å². The average molecular weight is 699 g/mol. The predicted octanol–water partition coefficient (Wildman–Crippen LogP) is 6.19. The topological polar surface area (TPSA) is 127 Å². The number of ether oxygens (including phenoxy) is 2. The van der Waals surface area contributed by atoms with Crippen molar-refractivity contribution in [2.24, 2.45) is 5.41 Å². The Hall–Kier alpha value is -4.55. The van der Waals surface area contributed by atoms with Crippen LogP contribution >= 0.6 is 0 Å². The number of morpholine rings is 1. The molecule has 6 rings (SSSR count). The summed E-state index contributed by atoms with van der Waals surface area (Å²) in [4.78, 5) is 32.6. The van der Waals surface area contributed by atoms with Crippen LogP contribution in [-0.2, 0) is 27.7 Å². The van der Waals surface area contributed by atoms with Gasteiger partial charge in [0.1, 0.15) is 6.61 Å². The van der Waals surface area contributed by atoms with E-state index in [1.807, 2.05) is 50.4 Å². The standard InChI is InChI=1S/C38H46N6O5S/c1-7-27-11-8-10-25(2)33(27)34-26(3)35-41-37(40-34)42-50(46,47)32-13-9-12-28(20-32)36(45)44(31(24-49-35)21-38(4,5)6)23-29-14-15-30(22-39-29)43-16-18-48-19-17-43/h8-15,20,22,31H,7,16-19,21,23-24H2,1-6H3,(H,40,41,42)/t31-/m1/s1. The molecule has 1 atom stereocenters. The second-order valence-electron chi connectivity index (χ2n) is 14.2. The molecule has 2 aromatic heterocycles. The summed E-state index contributed by atoms with van der Waals surface area (Å²) in [5.74, 6) is -0.167. The highest BCUT2D eigenvalue weighted by molar-refractivity contribution is 7.92. The zero-order chi connectivity index (χ0) is 35.6. The molecule has 0 spiro atoms. The Balaban J connectivity index is 1.47. The molecule has 0 unspecified atom stereocenters. The van der Waals surface area contributed by atoms with Crippen LogP contribution < -0.4 is 14.4 Å². The SMILES string of the molecule is CCc1cccc(C)c1-c1nc2nc(c1C)OC[C@@H](CC(C)(C)C)N(Cc1ccc(N3CCOCC3)cn1)C(=O)c1cccc(c1)S(=O)(=O)N2. The molecule has 0 radical (unpaired) electrons. The first kappa shape index (κ1) is 35.3. The fourth-order valence-corrected chi connectivity index (χ4v) is 7.62. The van der Waals surface area contributed by atoms with Gasteiger partial charge in [-0.25, -0.2) is 18.1 Å². The summed E-state index contributed by atoms with van der Waals surface area (Å²) in [6.07, 6.45) is 3.20. The van der Waals surface area contributed by atoms with Gasteiger partial charge in [0.2, 0.25) is 11.8 Å². The number of hydrogen-bond acceptors (Lipinski definition) is 9. The maximum absolute atomic E-state index is 14.5. The molecule has 11 nitrogen and oxygen atoms in total. The van der Waals surface area contributed by atoms with Gasteiger partial charge in [0.05, 0.1) is 54.0 Å². The van der Waals surface area contributed by atoms with Crippen LogP contribution in [0.4, 0.5) is 11.6 Å². The lowest BCUT2D eigenvalue weighted by molar-refractivity contribution is 0.0508. The number of anilines is 2. The van der Waals surface area contributed by atoms with Crippen LogP contribution in [0.2, 0.25) is 0 Å². The van der Waals surface area contributed by atoms with Crippen LogP contribution in [0.3, 0.4) is 0 Å². The van der Waals surface area contributed by atoms with E-state index in [1.165, 1.54) is 12.1 Å². The number of pyridine rings is 1. The Morgan fingerprint density at radius 2 is 1.76 bits per heavy atom. The zero-order valence-electron chi connectivity index (χ0n) is 29.7. The molecule has 4 bridgehead atoms. The lowest BCUT2D eigenvalue weighted by Gasteiger charge is -2.36. The van der Waals surface area contributed by atoms with Crippen molar-refractivity contribution >= 4 is 27.6 Å². The van der Waals surface area contributed by atoms with Gasteiger partial charge in [0, 0.05) is 29.8 Å². The molecule has 4 aromatic rings. The molecule has 50 heavy (non-hydrogen) atoms. The van der Waals surface area contributed by atoms with Crippen molar-refractivity contribution in [3.05, 3.63) is 88.7 Å². The summed E-state index contributed by atoms with van der Waals surface area (Å²) in [6.45, 7) is 15.6. The Morgan fingerprint density at radius 1 is 1.00 bits per heavy atom. The maximum atomic E-state index is 14.5. The van der Waals surface area contributed by atoms with Crippen molar-refractivity contribution in [3.8, 4) is 17.1 Å². The Morgan fingerprint density at radius 3 is 2.46 bits per heavy atom. The van der Waals surface area contributed by atoms with Crippen molar-refractivity contribution in [2.45, 2.75) is 71.9 Å². The summed E-state index contributed by atoms with van der Waals surface area (Å²) in [6, 6.07) is 15.7. The lowest BCUT2D eigenvalue weighted by Crippen LogP contribution is -2.45. The van der Waals surface area contributed by atoms with Gasteiger partial charge < -0.3 is 19.3 Å². The quantitative estimate of drug-likeness (QED) is 0.251. The van der Waals surface area contributed by atoms with Crippen molar-refractivity contribution in [1.82, 2.24) is 19.9 Å². The third-order valence-corrected chi connectivity index (χ3v) is 10.5. The molecule has 0 aliphatic carbocycles. The number of rotatable bonds is 6. The first-order chi connectivity index (χ1) is 23.8. The number of fused-ring (bicyclic) bond motifs is 4. The fraction of sp³-hybridized carbons (Fsp3) is 0.421. The van der Waals surface area contributed by atoms with Gasteiger partial charge in [0.15, 0.2) is 0 Å². The summed E-state index contributed by atoms with van der Waals surface area (Å²) in [5, 5.41) is 0. The summed E-state index contributed by atoms with van der Waals surface area (Å²) < 4.78 is 42.2. The van der Waals surface area contributed by atoms with Gasteiger partial charge in [-0.3, -0.25) is 9.78 Å². The Kier molecular flexibility index (Phi) is 10.1. The zero-order valence-corrected chi connectivity index (χ0v) is 30.5. The maximum Gasteiger partial charge on any atom is 0.264 e. The minimum absolute atomic E-state index is 0.0683. The van der Waals surface area contributed by atoms with E-state index in [4.69, 9.17) is 19.4 Å². The van der Waals surface area contributed by atoms with Gasteiger partial charge in [-0.1, -0.05) is 52.0 Å². The molecule has 1 amide bonds. The number of carbonyl (C=O) groups is 1. The van der Waals surface area contributed by atoms with Crippen molar-refractivity contribution < 1.29 is 22.7 Å². The van der Waals surface area contributed by atoms with Crippen LogP contribution in [0.15, 0.2) is 65.7 Å².